The number of hydrogen-bond donors (Lipinski definition) is 3. The fourth-order valence-electron chi connectivity index (χ4n) is 1.87. The molecule has 7 heteroatoms. The maximum Gasteiger partial charge on any atom is 0.323 e. The Hall–Kier alpha value is -1.92. The van der Waals surface area contributed by atoms with E-state index in [1.165, 1.54) is 0 Å². The Morgan fingerprint density at radius 3 is 2.86 bits per heavy atom. The fourth-order valence-corrected chi connectivity index (χ4v) is 2.05. The van der Waals surface area contributed by atoms with Gasteiger partial charge in [-0.3, -0.25) is 14.9 Å². The molecule has 0 fully saturated rings. The zero-order valence-electron chi connectivity index (χ0n) is 11.7. The summed E-state index contributed by atoms with van der Waals surface area (Å²) >= 11 is 5.85. The van der Waals surface area contributed by atoms with E-state index in [0.29, 0.717) is 28.2 Å². The van der Waals surface area contributed by atoms with Crippen LogP contribution in [0.1, 0.15) is 26.1 Å². The van der Waals surface area contributed by atoms with Crippen molar-refractivity contribution < 1.29 is 9.90 Å². The Kier molecular flexibility index (Phi) is 4.29. The molecule has 0 aliphatic heterocycles. The molecule has 112 valence electrons. The van der Waals surface area contributed by atoms with Gasteiger partial charge in [-0.15, -0.1) is 0 Å². The normalized spacial score (nSPS) is 14.0. The second-order valence-corrected chi connectivity index (χ2v) is 5.45. The van der Waals surface area contributed by atoms with Gasteiger partial charge < -0.3 is 10.1 Å². The van der Waals surface area contributed by atoms with E-state index < -0.39 is 11.5 Å². The van der Waals surface area contributed by atoms with Crippen LogP contribution in [0.2, 0.25) is 5.02 Å². The zero-order valence-corrected chi connectivity index (χ0v) is 12.5. The Morgan fingerprint density at radius 2 is 2.24 bits per heavy atom. The van der Waals surface area contributed by atoms with Gasteiger partial charge >= 0.3 is 5.97 Å². The minimum atomic E-state index is -1.06. The number of aromatic amines is 1. The van der Waals surface area contributed by atoms with Crippen LogP contribution >= 0.6 is 11.6 Å². The smallest absolute Gasteiger partial charge is 0.323 e. The van der Waals surface area contributed by atoms with Gasteiger partial charge in [0.25, 0.3) is 5.56 Å². The summed E-state index contributed by atoms with van der Waals surface area (Å²) in [7, 11) is 0. The maximum absolute atomic E-state index is 12.0. The highest BCUT2D eigenvalue weighted by molar-refractivity contribution is 6.31. The average molecular weight is 310 g/mol. The lowest BCUT2D eigenvalue weighted by Crippen LogP contribution is -2.48. The van der Waals surface area contributed by atoms with Gasteiger partial charge in [0, 0.05) is 5.02 Å². The van der Waals surface area contributed by atoms with Gasteiger partial charge in [-0.2, -0.15) is 0 Å². The molecule has 21 heavy (non-hydrogen) atoms. The molecule has 6 nitrogen and oxygen atoms in total. The Balaban J connectivity index is 2.30. The van der Waals surface area contributed by atoms with E-state index in [4.69, 9.17) is 11.6 Å². The highest BCUT2D eigenvalue weighted by Gasteiger charge is 2.30. The summed E-state index contributed by atoms with van der Waals surface area (Å²) in [6.45, 7) is 3.53. The average Bonchev–Trinajstić information content (AvgIpc) is 2.45. The summed E-state index contributed by atoms with van der Waals surface area (Å²) in [5.74, 6) is -0.560. The first-order valence-corrected chi connectivity index (χ1v) is 6.90. The molecule has 1 heterocycles. The maximum atomic E-state index is 12.0. The van der Waals surface area contributed by atoms with E-state index in [9.17, 15) is 14.7 Å². The summed E-state index contributed by atoms with van der Waals surface area (Å²) in [5.41, 5.74) is -0.839. The number of halogens is 1. The third-order valence-electron chi connectivity index (χ3n) is 3.54. The van der Waals surface area contributed by atoms with Gasteiger partial charge in [-0.05, 0) is 31.5 Å². The van der Waals surface area contributed by atoms with Gasteiger partial charge in [0.05, 0.1) is 17.4 Å². The molecule has 2 rings (SSSR count). The van der Waals surface area contributed by atoms with Gasteiger partial charge in [0.1, 0.15) is 11.4 Å². The Bertz CT molecular complexity index is 744. The lowest BCUT2D eigenvalue weighted by molar-refractivity contribution is -0.144. The molecule has 0 bridgehead atoms. The first-order valence-electron chi connectivity index (χ1n) is 6.52. The predicted molar refractivity (Wildman–Crippen MR) is 80.5 cm³/mol. The number of nitrogens with one attached hydrogen (secondary N) is 2. The molecule has 1 aromatic carbocycles. The van der Waals surface area contributed by atoms with Crippen molar-refractivity contribution in [3.8, 4) is 0 Å². The van der Waals surface area contributed by atoms with Crippen LogP contribution in [0.3, 0.4) is 0 Å². The van der Waals surface area contributed by atoms with Crippen LogP contribution in [-0.2, 0) is 11.3 Å². The van der Waals surface area contributed by atoms with E-state index in [2.05, 4.69) is 15.3 Å². The molecule has 0 saturated carbocycles. The zero-order chi connectivity index (χ0) is 15.6. The molecule has 0 amide bonds. The topological polar surface area (TPSA) is 95.1 Å². The number of rotatable bonds is 5. The molecule has 2 aromatic rings. The van der Waals surface area contributed by atoms with Gasteiger partial charge in [-0.1, -0.05) is 18.5 Å². The first-order chi connectivity index (χ1) is 9.85. The second-order valence-electron chi connectivity index (χ2n) is 5.02. The lowest BCUT2D eigenvalue weighted by atomic mass is 9.99. The van der Waals surface area contributed by atoms with Gasteiger partial charge in [0.15, 0.2) is 0 Å². The standard InChI is InChI=1S/C14H16ClN3O3/c1-3-14(2,13(20)21)16-7-11-17-10-5-4-8(15)6-9(10)12(19)18-11/h4-6,16H,3,7H2,1-2H3,(H,20,21)(H,17,18,19). The van der Waals surface area contributed by atoms with Crippen molar-refractivity contribution in [1.29, 1.82) is 0 Å². The number of benzene rings is 1. The van der Waals surface area contributed by atoms with Crippen LogP contribution in [0.15, 0.2) is 23.0 Å². The van der Waals surface area contributed by atoms with Crippen LogP contribution < -0.4 is 10.9 Å². The number of carbonyl (C=O) groups is 1. The number of carboxylic acids is 1. The SMILES string of the molecule is CCC(C)(NCc1nc2ccc(Cl)cc2c(=O)[nH]1)C(=O)O. The van der Waals surface area contributed by atoms with Gasteiger partial charge in [0.2, 0.25) is 0 Å². The van der Waals surface area contributed by atoms with Crippen molar-refractivity contribution in [2.24, 2.45) is 0 Å². The lowest BCUT2D eigenvalue weighted by Gasteiger charge is -2.24. The van der Waals surface area contributed by atoms with Crippen LogP contribution in [0.25, 0.3) is 10.9 Å². The number of carboxylic acid groups (broad SMARTS) is 1. The largest absolute Gasteiger partial charge is 0.480 e. The molecular formula is C14H16ClN3O3. The molecule has 3 N–H and O–H groups in total. The quantitative estimate of drug-likeness (QED) is 0.784. The van der Waals surface area contributed by atoms with Crippen molar-refractivity contribution in [3.05, 3.63) is 39.4 Å². The van der Waals surface area contributed by atoms with Crippen molar-refractivity contribution in [1.82, 2.24) is 15.3 Å². The van der Waals surface area contributed by atoms with Crippen molar-refractivity contribution >= 4 is 28.5 Å². The first kappa shape index (κ1) is 15.5. The van der Waals surface area contributed by atoms with E-state index in [-0.39, 0.29) is 12.1 Å². The van der Waals surface area contributed by atoms with Crippen LogP contribution in [0.4, 0.5) is 0 Å². The minimum absolute atomic E-state index is 0.157. The fraction of sp³-hybridized carbons (Fsp3) is 0.357. The van der Waals surface area contributed by atoms with E-state index in [0.717, 1.165) is 0 Å². The second kappa shape index (κ2) is 5.83. The molecule has 0 radical (unpaired) electrons. The summed E-state index contributed by atoms with van der Waals surface area (Å²) in [4.78, 5) is 30.1. The summed E-state index contributed by atoms with van der Waals surface area (Å²) in [6, 6.07) is 4.86. The predicted octanol–water partition coefficient (Wildman–Crippen LogP) is 1.92. The van der Waals surface area contributed by atoms with Crippen molar-refractivity contribution in [3.63, 3.8) is 0 Å². The van der Waals surface area contributed by atoms with E-state index in [1.807, 2.05) is 0 Å². The Labute approximate surface area is 126 Å². The highest BCUT2D eigenvalue weighted by atomic mass is 35.5. The molecule has 0 aliphatic carbocycles. The number of hydrogen-bond acceptors (Lipinski definition) is 4. The third kappa shape index (κ3) is 3.22. The van der Waals surface area contributed by atoms with Crippen LogP contribution in [0, 0.1) is 0 Å². The Morgan fingerprint density at radius 1 is 1.52 bits per heavy atom. The summed E-state index contributed by atoms with van der Waals surface area (Å²) < 4.78 is 0. The van der Waals surface area contributed by atoms with Crippen molar-refractivity contribution in [2.75, 3.05) is 0 Å². The number of fused-ring (bicyclic) bond motifs is 1. The number of aliphatic carboxylic acids is 1. The number of nitrogens with zero attached hydrogens (tertiary/aromatic N) is 1. The molecule has 1 aromatic heterocycles. The monoisotopic (exact) mass is 309 g/mol. The molecule has 0 aliphatic rings. The van der Waals surface area contributed by atoms with E-state index in [1.54, 1.807) is 32.0 Å². The molecule has 0 saturated heterocycles. The van der Waals surface area contributed by atoms with Crippen LogP contribution in [-0.4, -0.2) is 26.6 Å². The summed E-state index contributed by atoms with van der Waals surface area (Å²) in [5, 5.41) is 13.0. The molecule has 1 unspecified atom stereocenters. The van der Waals surface area contributed by atoms with Crippen molar-refractivity contribution in [2.45, 2.75) is 32.4 Å². The summed E-state index contributed by atoms with van der Waals surface area (Å²) in [6.07, 6.45) is 0.412. The number of H-pyrrole nitrogens is 1. The molecular weight excluding hydrogens is 294 g/mol. The molecule has 1 atom stereocenters. The highest BCUT2D eigenvalue weighted by Crippen LogP contribution is 2.15. The third-order valence-corrected chi connectivity index (χ3v) is 3.78. The van der Waals surface area contributed by atoms with Crippen LogP contribution in [0.5, 0.6) is 0 Å². The number of aromatic nitrogens is 2. The van der Waals surface area contributed by atoms with Gasteiger partial charge in [-0.25, -0.2) is 4.98 Å². The minimum Gasteiger partial charge on any atom is -0.480 e. The van der Waals surface area contributed by atoms with E-state index >= 15 is 0 Å². The molecule has 0 spiro atoms.